The summed E-state index contributed by atoms with van der Waals surface area (Å²) in [5, 5.41) is 13.4. The first kappa shape index (κ1) is 21.7. The van der Waals surface area contributed by atoms with Gasteiger partial charge in [0.25, 0.3) is 5.91 Å². The number of nitrogens with zero attached hydrogens (tertiary/aromatic N) is 1. The maximum absolute atomic E-state index is 12.5. The van der Waals surface area contributed by atoms with E-state index in [0.717, 1.165) is 5.56 Å². The second-order valence-electron chi connectivity index (χ2n) is 6.23. The number of carbonyl (C=O) groups is 1. The van der Waals surface area contributed by atoms with Crippen molar-refractivity contribution in [3.8, 4) is 11.8 Å². The van der Waals surface area contributed by atoms with Gasteiger partial charge < -0.3 is 10.1 Å². The average Bonchev–Trinajstić information content (AvgIpc) is 2.71. The van der Waals surface area contributed by atoms with Gasteiger partial charge in [0.15, 0.2) is 0 Å². The molecule has 0 unspecified atom stereocenters. The van der Waals surface area contributed by atoms with Crippen LogP contribution < -0.4 is 10.1 Å². The van der Waals surface area contributed by atoms with E-state index in [1.54, 1.807) is 48.5 Å². The standard InChI is InChI=1S/C23H15Cl3N2O2/c24-18-10-19(25)12-20(11-18)28-23(29)17(13-27)8-15-4-3-6-21(9-15)30-14-16-5-1-2-7-22(16)26/h1-12H,14H2,(H,28,29)/b17-8-. The molecule has 0 aliphatic carbocycles. The molecule has 0 saturated heterocycles. The van der Waals surface area contributed by atoms with Crippen molar-refractivity contribution in [2.24, 2.45) is 0 Å². The highest BCUT2D eigenvalue weighted by atomic mass is 35.5. The number of ether oxygens (including phenoxy) is 1. The van der Waals surface area contributed by atoms with Crippen molar-refractivity contribution < 1.29 is 9.53 Å². The molecule has 3 rings (SSSR count). The van der Waals surface area contributed by atoms with E-state index in [1.165, 1.54) is 6.08 Å². The number of hydrogen-bond acceptors (Lipinski definition) is 3. The van der Waals surface area contributed by atoms with E-state index in [1.807, 2.05) is 24.3 Å². The first-order valence-electron chi connectivity index (χ1n) is 8.80. The Kier molecular flexibility index (Phi) is 7.37. The number of hydrogen-bond donors (Lipinski definition) is 1. The van der Waals surface area contributed by atoms with E-state index >= 15 is 0 Å². The summed E-state index contributed by atoms with van der Waals surface area (Å²) in [5.41, 5.74) is 1.82. The second kappa shape index (κ2) is 10.2. The van der Waals surface area contributed by atoms with Crippen LogP contribution in [0.25, 0.3) is 6.08 Å². The van der Waals surface area contributed by atoms with Gasteiger partial charge in [-0.25, -0.2) is 0 Å². The number of anilines is 1. The molecule has 150 valence electrons. The first-order valence-corrected chi connectivity index (χ1v) is 9.93. The van der Waals surface area contributed by atoms with Crippen molar-refractivity contribution in [2.45, 2.75) is 6.61 Å². The van der Waals surface area contributed by atoms with E-state index in [-0.39, 0.29) is 5.57 Å². The van der Waals surface area contributed by atoms with Crippen molar-refractivity contribution in [2.75, 3.05) is 5.32 Å². The van der Waals surface area contributed by atoms with Crippen LogP contribution in [-0.2, 0) is 11.4 Å². The number of nitriles is 1. The zero-order chi connectivity index (χ0) is 21.5. The summed E-state index contributed by atoms with van der Waals surface area (Å²) in [5.74, 6) is 0.0150. The van der Waals surface area contributed by atoms with Crippen LogP contribution in [0.3, 0.4) is 0 Å². The van der Waals surface area contributed by atoms with Gasteiger partial charge in [-0.1, -0.05) is 65.1 Å². The Labute approximate surface area is 189 Å². The van der Waals surface area contributed by atoms with Crippen LogP contribution in [-0.4, -0.2) is 5.91 Å². The Hall–Kier alpha value is -2.97. The summed E-state index contributed by atoms with van der Waals surface area (Å²) in [7, 11) is 0. The van der Waals surface area contributed by atoms with Gasteiger partial charge in [-0.15, -0.1) is 0 Å². The van der Waals surface area contributed by atoms with E-state index in [9.17, 15) is 10.1 Å². The van der Waals surface area contributed by atoms with Crippen LogP contribution >= 0.6 is 34.8 Å². The molecular formula is C23H15Cl3N2O2. The summed E-state index contributed by atoms with van der Waals surface area (Å²) in [6.45, 7) is 0.300. The molecule has 7 heteroatoms. The Morgan fingerprint density at radius 1 is 1.00 bits per heavy atom. The van der Waals surface area contributed by atoms with Gasteiger partial charge in [-0.2, -0.15) is 5.26 Å². The van der Waals surface area contributed by atoms with Crippen LogP contribution in [0.15, 0.2) is 72.3 Å². The molecule has 30 heavy (non-hydrogen) atoms. The van der Waals surface area contributed by atoms with Gasteiger partial charge in [0.1, 0.15) is 24.0 Å². The molecule has 0 radical (unpaired) electrons. The summed E-state index contributed by atoms with van der Waals surface area (Å²) in [6, 6.07) is 21.0. The SMILES string of the molecule is N#C/C(=C/c1cccc(OCc2ccccc2Cl)c1)C(=O)Nc1cc(Cl)cc(Cl)c1. The molecule has 1 amide bonds. The monoisotopic (exact) mass is 456 g/mol. The lowest BCUT2D eigenvalue weighted by Crippen LogP contribution is -2.13. The van der Waals surface area contributed by atoms with Crippen molar-refractivity contribution in [1.29, 1.82) is 5.26 Å². The van der Waals surface area contributed by atoms with Crippen molar-refractivity contribution in [3.05, 3.63) is 98.5 Å². The van der Waals surface area contributed by atoms with Gasteiger partial charge >= 0.3 is 0 Å². The third kappa shape index (κ3) is 6.01. The van der Waals surface area contributed by atoms with Gasteiger partial charge in [0, 0.05) is 26.3 Å². The van der Waals surface area contributed by atoms with E-state index < -0.39 is 5.91 Å². The Morgan fingerprint density at radius 2 is 1.73 bits per heavy atom. The predicted molar refractivity (Wildman–Crippen MR) is 121 cm³/mol. The van der Waals surface area contributed by atoms with Crippen LogP contribution in [0, 0.1) is 11.3 Å². The minimum absolute atomic E-state index is 0.0747. The summed E-state index contributed by atoms with van der Waals surface area (Å²) < 4.78 is 5.78. The summed E-state index contributed by atoms with van der Waals surface area (Å²) in [6.07, 6.45) is 1.48. The topological polar surface area (TPSA) is 62.1 Å². The third-order valence-electron chi connectivity index (χ3n) is 4.01. The second-order valence-corrected chi connectivity index (χ2v) is 7.51. The average molecular weight is 458 g/mol. The molecule has 0 spiro atoms. The van der Waals surface area contributed by atoms with Gasteiger partial charge in [0.05, 0.1) is 0 Å². The highest BCUT2D eigenvalue weighted by Gasteiger charge is 2.11. The fourth-order valence-corrected chi connectivity index (χ4v) is 3.33. The molecule has 4 nitrogen and oxygen atoms in total. The van der Waals surface area contributed by atoms with Crippen molar-refractivity contribution in [1.82, 2.24) is 0 Å². The van der Waals surface area contributed by atoms with E-state index in [2.05, 4.69) is 5.32 Å². The molecule has 0 saturated carbocycles. The maximum Gasteiger partial charge on any atom is 0.266 e. The number of nitrogens with one attached hydrogen (secondary N) is 1. The molecule has 0 aliphatic rings. The zero-order valence-electron chi connectivity index (χ0n) is 15.5. The quantitative estimate of drug-likeness (QED) is 0.328. The van der Waals surface area contributed by atoms with Crippen LogP contribution in [0.1, 0.15) is 11.1 Å². The largest absolute Gasteiger partial charge is 0.489 e. The van der Waals surface area contributed by atoms with Gasteiger partial charge in [-0.3, -0.25) is 4.79 Å². The molecular weight excluding hydrogens is 443 g/mol. The van der Waals surface area contributed by atoms with Crippen LogP contribution in [0.4, 0.5) is 5.69 Å². The molecule has 0 fully saturated rings. The number of halogens is 3. The lowest BCUT2D eigenvalue weighted by atomic mass is 10.1. The van der Waals surface area contributed by atoms with Crippen molar-refractivity contribution >= 4 is 52.5 Å². The molecule has 3 aromatic carbocycles. The van der Waals surface area contributed by atoms with Gasteiger partial charge in [0.2, 0.25) is 0 Å². The fraction of sp³-hybridized carbons (Fsp3) is 0.0435. The van der Waals surface area contributed by atoms with E-state index in [0.29, 0.717) is 38.7 Å². The smallest absolute Gasteiger partial charge is 0.266 e. The van der Waals surface area contributed by atoms with Crippen molar-refractivity contribution in [3.63, 3.8) is 0 Å². The first-order chi connectivity index (χ1) is 14.4. The number of carbonyl (C=O) groups excluding carboxylic acids is 1. The molecule has 0 aromatic heterocycles. The molecule has 1 N–H and O–H groups in total. The minimum Gasteiger partial charge on any atom is -0.489 e. The summed E-state index contributed by atoms with van der Waals surface area (Å²) in [4.78, 5) is 12.5. The van der Waals surface area contributed by atoms with E-state index in [4.69, 9.17) is 39.5 Å². The lowest BCUT2D eigenvalue weighted by molar-refractivity contribution is -0.112. The number of benzene rings is 3. The Bertz CT molecular complexity index is 1130. The zero-order valence-corrected chi connectivity index (χ0v) is 17.8. The molecule has 0 aliphatic heterocycles. The number of rotatable bonds is 6. The normalized spacial score (nSPS) is 10.9. The molecule has 0 atom stereocenters. The van der Waals surface area contributed by atoms with Crippen LogP contribution in [0.2, 0.25) is 15.1 Å². The molecule has 0 bridgehead atoms. The van der Waals surface area contributed by atoms with Crippen LogP contribution in [0.5, 0.6) is 5.75 Å². The molecule has 0 heterocycles. The Balaban J connectivity index is 1.74. The highest BCUT2D eigenvalue weighted by Crippen LogP contribution is 2.24. The van der Waals surface area contributed by atoms with Gasteiger partial charge in [-0.05, 0) is 48.0 Å². The summed E-state index contributed by atoms with van der Waals surface area (Å²) >= 11 is 18.0. The number of amides is 1. The Morgan fingerprint density at radius 3 is 2.43 bits per heavy atom. The third-order valence-corrected chi connectivity index (χ3v) is 4.81. The lowest BCUT2D eigenvalue weighted by Gasteiger charge is -2.09. The predicted octanol–water partition coefficient (Wildman–Crippen LogP) is 6.77. The minimum atomic E-state index is -0.571. The maximum atomic E-state index is 12.5. The highest BCUT2D eigenvalue weighted by molar-refractivity contribution is 6.35. The molecule has 3 aromatic rings. The fourth-order valence-electron chi connectivity index (χ4n) is 2.61.